The molecule has 5 aromatic rings. The third kappa shape index (κ3) is 8.67. The molecular formula is C43H48F3N7O5. The third-order valence-electron chi connectivity index (χ3n) is 11.7. The summed E-state index contributed by atoms with van der Waals surface area (Å²) in [5, 5.41) is 24.9. The lowest BCUT2D eigenvalue weighted by molar-refractivity contribution is -0.210. The minimum atomic E-state index is -5.30. The fourth-order valence-electron chi connectivity index (χ4n) is 8.68. The number of carbonyl (C=O) groups is 1. The van der Waals surface area contributed by atoms with Crippen LogP contribution in [0.4, 0.5) is 24.9 Å². The predicted octanol–water partition coefficient (Wildman–Crippen LogP) is 5.72. The Bertz CT molecular complexity index is 2080. The second-order valence-corrected chi connectivity index (χ2v) is 15.5. The number of alkyl halides is 3. The van der Waals surface area contributed by atoms with Gasteiger partial charge in [0.15, 0.2) is 29.3 Å². The van der Waals surface area contributed by atoms with Crippen LogP contribution < -0.4 is 10.2 Å². The number of piperidine rings is 1. The number of carbonyl (C=O) groups excluding carboxylic acids is 1. The van der Waals surface area contributed by atoms with Crippen LogP contribution in [-0.4, -0.2) is 110 Å². The van der Waals surface area contributed by atoms with Crippen LogP contribution in [0.2, 0.25) is 0 Å². The second-order valence-electron chi connectivity index (χ2n) is 15.5. The Hall–Kier alpha value is -5.09. The van der Waals surface area contributed by atoms with Gasteiger partial charge in [-0.05, 0) is 67.8 Å². The summed E-state index contributed by atoms with van der Waals surface area (Å²) in [7, 11) is 0. The van der Waals surface area contributed by atoms with Crippen molar-refractivity contribution in [2.24, 2.45) is 5.92 Å². The highest BCUT2D eigenvalue weighted by atomic mass is 19.4. The summed E-state index contributed by atoms with van der Waals surface area (Å²) >= 11 is 0. The molecule has 3 aromatic carbocycles. The molecule has 12 nitrogen and oxygen atoms in total. The molecule has 2 aromatic heterocycles. The van der Waals surface area contributed by atoms with Gasteiger partial charge >= 0.3 is 12.1 Å². The summed E-state index contributed by atoms with van der Waals surface area (Å²) in [4.78, 5) is 31.2. The van der Waals surface area contributed by atoms with E-state index >= 15 is 0 Å². The number of imidazole rings is 1. The number of hydrogen-bond donors (Lipinski definition) is 3. The zero-order chi connectivity index (χ0) is 40.2. The van der Waals surface area contributed by atoms with E-state index < -0.39 is 43.3 Å². The summed E-state index contributed by atoms with van der Waals surface area (Å²) in [5.41, 5.74) is 4.19. The fourth-order valence-corrected chi connectivity index (χ4v) is 8.68. The van der Waals surface area contributed by atoms with E-state index in [0.29, 0.717) is 29.7 Å². The van der Waals surface area contributed by atoms with E-state index in [1.165, 1.54) is 16.5 Å². The third-order valence-corrected chi connectivity index (χ3v) is 11.7. The number of esters is 1. The van der Waals surface area contributed by atoms with E-state index in [0.717, 1.165) is 69.4 Å². The smallest absolute Gasteiger partial charge is 0.450 e. The maximum atomic E-state index is 13.2. The monoisotopic (exact) mass is 799 g/mol. The number of aliphatic hydroxyl groups excluding tert-OH is 2. The highest BCUT2D eigenvalue weighted by Gasteiger charge is 2.51. The van der Waals surface area contributed by atoms with Gasteiger partial charge < -0.3 is 34.8 Å². The minimum Gasteiger partial charge on any atom is -0.450 e. The number of anilines is 2. The molecule has 3 saturated heterocycles. The van der Waals surface area contributed by atoms with Gasteiger partial charge in [-0.1, -0.05) is 91.0 Å². The Morgan fingerprint density at radius 1 is 0.914 bits per heavy atom. The zero-order valence-electron chi connectivity index (χ0n) is 32.0. The molecule has 3 N–H and O–H groups in total. The molecule has 58 heavy (non-hydrogen) atoms. The molecule has 0 unspecified atom stereocenters. The zero-order valence-corrected chi connectivity index (χ0v) is 32.0. The van der Waals surface area contributed by atoms with E-state index in [2.05, 4.69) is 79.4 Å². The van der Waals surface area contributed by atoms with Gasteiger partial charge in [-0.2, -0.15) is 23.1 Å². The van der Waals surface area contributed by atoms with E-state index in [9.17, 15) is 28.2 Å². The van der Waals surface area contributed by atoms with E-state index in [-0.39, 0.29) is 17.6 Å². The fraction of sp³-hybridized carbons (Fsp3) is 0.442. The maximum Gasteiger partial charge on any atom is 0.490 e. The quantitative estimate of drug-likeness (QED) is 0.126. The summed E-state index contributed by atoms with van der Waals surface area (Å²) in [6.07, 6.45) is -5.08. The number of hydrogen-bond acceptors (Lipinski definition) is 11. The minimum absolute atomic E-state index is 0.0586. The molecule has 0 aliphatic carbocycles. The van der Waals surface area contributed by atoms with Gasteiger partial charge in [-0.25, -0.2) is 9.78 Å². The lowest BCUT2D eigenvalue weighted by Gasteiger charge is -2.36. The lowest BCUT2D eigenvalue weighted by atomic mass is 9.90. The molecule has 15 heteroatoms. The van der Waals surface area contributed by atoms with Crippen LogP contribution >= 0.6 is 0 Å². The molecule has 3 aliphatic heterocycles. The molecule has 0 radical (unpaired) electrons. The van der Waals surface area contributed by atoms with Crippen LogP contribution in [0.3, 0.4) is 0 Å². The number of likely N-dealkylation sites (tertiary alicyclic amines) is 1. The van der Waals surface area contributed by atoms with Gasteiger partial charge in [0.05, 0.1) is 12.9 Å². The lowest BCUT2D eigenvalue weighted by Crippen LogP contribution is -2.44. The van der Waals surface area contributed by atoms with Gasteiger partial charge in [0, 0.05) is 31.6 Å². The first-order valence-corrected chi connectivity index (χ1v) is 20.0. The first-order chi connectivity index (χ1) is 28.2. The van der Waals surface area contributed by atoms with Crippen LogP contribution in [0.15, 0.2) is 97.3 Å². The van der Waals surface area contributed by atoms with Gasteiger partial charge in [-0.15, -0.1) is 0 Å². The number of rotatable bonds is 13. The van der Waals surface area contributed by atoms with Crippen LogP contribution in [0.25, 0.3) is 11.2 Å². The number of nitrogens with one attached hydrogen (secondary N) is 1. The molecule has 0 saturated carbocycles. The summed E-state index contributed by atoms with van der Waals surface area (Å²) in [6.45, 7) is 3.21. The first-order valence-electron chi connectivity index (χ1n) is 20.0. The van der Waals surface area contributed by atoms with E-state index in [4.69, 9.17) is 14.7 Å². The van der Waals surface area contributed by atoms with Crippen molar-refractivity contribution in [3.05, 3.63) is 114 Å². The normalized spacial score (nSPS) is 23.2. The Labute approximate surface area is 334 Å². The molecule has 0 spiro atoms. The van der Waals surface area contributed by atoms with Gasteiger partial charge in [0.2, 0.25) is 5.95 Å². The Balaban J connectivity index is 1.09. The SMILES string of the molecule is O=C(O[C@H]1[C@@H](O)[C@H](n2cnc3c(NCC(c4ccccc4)c4ccccc4)nc(N4CCC[C@@H]4CN4CCC(Cc5ccccc5)CC4)nc32)O[C@@H]1CO)C(F)(F)F. The van der Waals surface area contributed by atoms with Crippen molar-refractivity contribution in [1.82, 2.24) is 24.4 Å². The number of halogens is 3. The number of ether oxygens (including phenoxy) is 2. The van der Waals surface area contributed by atoms with Crippen molar-refractivity contribution in [3.8, 4) is 0 Å². The largest absolute Gasteiger partial charge is 0.490 e. The van der Waals surface area contributed by atoms with Crippen molar-refractivity contribution in [1.29, 1.82) is 0 Å². The molecular weight excluding hydrogens is 752 g/mol. The van der Waals surface area contributed by atoms with Crippen molar-refractivity contribution in [2.75, 3.05) is 49.5 Å². The van der Waals surface area contributed by atoms with Gasteiger partial charge in [0.1, 0.15) is 12.2 Å². The standard InChI is InChI=1S/C43H48F3N7O5/c44-43(45,46)41(56)58-37-34(26-54)57-40(36(37)55)53-27-48-35-38(47-24-33(30-13-6-2-7-14-30)31-15-8-3-9-16-31)49-42(50-39(35)53)52-20-10-17-32(52)25-51-21-18-29(19-22-51)23-28-11-4-1-5-12-28/h1-9,11-16,27,29,32-34,36-37,40,54-55H,10,17-26H2,(H,47,49,50)/t32-,34-,36-,37-,40-/m1/s1. The van der Waals surface area contributed by atoms with Crippen LogP contribution in [0, 0.1) is 5.92 Å². The summed E-state index contributed by atoms with van der Waals surface area (Å²) in [5.74, 6) is -1.02. The molecule has 0 amide bonds. The van der Waals surface area contributed by atoms with Crippen LogP contribution in [0.5, 0.6) is 0 Å². The molecule has 8 rings (SSSR count). The van der Waals surface area contributed by atoms with Crippen molar-refractivity contribution >= 4 is 28.9 Å². The molecule has 5 heterocycles. The van der Waals surface area contributed by atoms with Crippen LogP contribution in [0.1, 0.15) is 54.5 Å². The van der Waals surface area contributed by atoms with Gasteiger partial charge in [-0.3, -0.25) is 4.57 Å². The summed E-state index contributed by atoms with van der Waals surface area (Å²) in [6, 6.07) is 31.0. The molecule has 3 aliphatic rings. The average Bonchev–Trinajstić information content (AvgIpc) is 3.96. The number of aromatic nitrogens is 4. The average molecular weight is 800 g/mol. The van der Waals surface area contributed by atoms with Crippen molar-refractivity contribution in [3.63, 3.8) is 0 Å². The first kappa shape index (κ1) is 39.7. The van der Waals surface area contributed by atoms with E-state index in [1.54, 1.807) is 0 Å². The Morgan fingerprint density at radius 2 is 1.57 bits per heavy atom. The number of fused-ring (bicyclic) bond motifs is 1. The second kappa shape index (κ2) is 17.4. The molecule has 306 valence electrons. The van der Waals surface area contributed by atoms with Crippen LogP contribution in [-0.2, 0) is 20.7 Å². The highest BCUT2D eigenvalue weighted by molar-refractivity contribution is 5.84. The number of aliphatic hydroxyl groups is 2. The maximum absolute atomic E-state index is 13.2. The topological polar surface area (TPSA) is 138 Å². The van der Waals surface area contributed by atoms with E-state index in [1.807, 2.05) is 36.4 Å². The molecule has 5 atom stereocenters. The van der Waals surface area contributed by atoms with Gasteiger partial charge in [0.25, 0.3) is 0 Å². The molecule has 0 bridgehead atoms. The Kier molecular flexibility index (Phi) is 11.9. The predicted molar refractivity (Wildman–Crippen MR) is 211 cm³/mol. The summed E-state index contributed by atoms with van der Waals surface area (Å²) < 4.78 is 51.5. The van der Waals surface area contributed by atoms with Crippen molar-refractivity contribution < 1.29 is 37.7 Å². The Morgan fingerprint density at radius 3 is 2.21 bits per heavy atom. The number of nitrogens with zero attached hydrogens (tertiary/aromatic N) is 6. The highest BCUT2D eigenvalue weighted by Crippen LogP contribution is 2.37. The number of benzene rings is 3. The molecule has 3 fully saturated rings. The van der Waals surface area contributed by atoms with Crippen molar-refractivity contribution in [2.45, 2.75) is 74.8 Å².